The predicted octanol–water partition coefficient (Wildman–Crippen LogP) is 0.468. The van der Waals surface area contributed by atoms with Crippen LogP contribution in [-0.4, -0.2) is 30.8 Å². The standard InChI is InChI=1S/C10H20N2O2/c1-5-8(7(3)13)12-10(14)9(6-2)11-4/h8-9,11H,5-6H2,1-4H3,(H,12,14). The Balaban J connectivity index is 4.20. The van der Waals surface area contributed by atoms with Crippen molar-refractivity contribution in [1.29, 1.82) is 0 Å². The van der Waals surface area contributed by atoms with Crippen LogP contribution in [0, 0.1) is 0 Å². The van der Waals surface area contributed by atoms with Crippen LogP contribution in [0.15, 0.2) is 0 Å². The number of rotatable bonds is 6. The Labute approximate surface area is 85.4 Å². The Hall–Kier alpha value is -0.900. The lowest BCUT2D eigenvalue weighted by Gasteiger charge is -2.18. The van der Waals surface area contributed by atoms with Gasteiger partial charge in [0.05, 0.1) is 12.1 Å². The van der Waals surface area contributed by atoms with Gasteiger partial charge in [-0.05, 0) is 26.8 Å². The Morgan fingerprint density at radius 3 is 1.93 bits per heavy atom. The molecule has 0 saturated carbocycles. The first-order chi connectivity index (χ1) is 6.56. The van der Waals surface area contributed by atoms with Gasteiger partial charge < -0.3 is 10.6 Å². The molecule has 0 saturated heterocycles. The molecular weight excluding hydrogens is 180 g/mol. The fourth-order valence-corrected chi connectivity index (χ4v) is 1.28. The van der Waals surface area contributed by atoms with E-state index < -0.39 is 0 Å². The Morgan fingerprint density at radius 2 is 1.64 bits per heavy atom. The molecule has 4 heteroatoms. The molecule has 2 N–H and O–H groups in total. The number of ketones is 1. The van der Waals surface area contributed by atoms with E-state index in [0.717, 1.165) is 6.42 Å². The van der Waals surface area contributed by atoms with Gasteiger partial charge in [0.25, 0.3) is 0 Å². The molecule has 0 rings (SSSR count). The zero-order valence-corrected chi connectivity index (χ0v) is 9.39. The fraction of sp³-hybridized carbons (Fsp3) is 0.800. The smallest absolute Gasteiger partial charge is 0.237 e. The lowest BCUT2D eigenvalue weighted by Crippen LogP contribution is -2.48. The molecule has 0 aromatic carbocycles. The highest BCUT2D eigenvalue weighted by Gasteiger charge is 2.19. The van der Waals surface area contributed by atoms with Gasteiger partial charge in [0.2, 0.25) is 5.91 Å². The van der Waals surface area contributed by atoms with Crippen molar-refractivity contribution in [2.45, 2.75) is 45.7 Å². The van der Waals surface area contributed by atoms with Gasteiger partial charge in [-0.25, -0.2) is 0 Å². The van der Waals surface area contributed by atoms with Crippen molar-refractivity contribution >= 4 is 11.7 Å². The van der Waals surface area contributed by atoms with E-state index in [9.17, 15) is 9.59 Å². The van der Waals surface area contributed by atoms with Crippen LogP contribution in [0.5, 0.6) is 0 Å². The van der Waals surface area contributed by atoms with Gasteiger partial charge in [-0.1, -0.05) is 13.8 Å². The summed E-state index contributed by atoms with van der Waals surface area (Å²) in [4.78, 5) is 22.6. The first-order valence-corrected chi connectivity index (χ1v) is 5.04. The molecular formula is C10H20N2O2. The van der Waals surface area contributed by atoms with E-state index in [1.165, 1.54) is 6.92 Å². The van der Waals surface area contributed by atoms with Crippen LogP contribution in [0.2, 0.25) is 0 Å². The number of likely N-dealkylation sites (N-methyl/N-ethyl adjacent to an activating group) is 1. The summed E-state index contributed by atoms with van der Waals surface area (Å²) in [5.74, 6) is -0.0937. The lowest BCUT2D eigenvalue weighted by atomic mass is 10.1. The quantitative estimate of drug-likeness (QED) is 0.655. The minimum Gasteiger partial charge on any atom is -0.345 e. The predicted molar refractivity (Wildman–Crippen MR) is 56.0 cm³/mol. The van der Waals surface area contributed by atoms with E-state index in [2.05, 4.69) is 10.6 Å². The Kier molecular flexibility index (Phi) is 6.12. The highest BCUT2D eigenvalue weighted by atomic mass is 16.2. The highest BCUT2D eigenvalue weighted by molar-refractivity contribution is 5.89. The summed E-state index contributed by atoms with van der Waals surface area (Å²) in [6.07, 6.45) is 1.36. The van der Waals surface area contributed by atoms with Gasteiger partial charge >= 0.3 is 0 Å². The maximum atomic E-state index is 11.6. The van der Waals surface area contributed by atoms with Crippen LogP contribution < -0.4 is 10.6 Å². The molecule has 2 unspecified atom stereocenters. The van der Waals surface area contributed by atoms with Gasteiger partial charge in [0, 0.05) is 0 Å². The third-order valence-corrected chi connectivity index (χ3v) is 2.29. The van der Waals surface area contributed by atoms with Crippen LogP contribution in [0.4, 0.5) is 0 Å². The van der Waals surface area contributed by atoms with Crippen molar-refractivity contribution in [3.05, 3.63) is 0 Å². The van der Waals surface area contributed by atoms with Crippen LogP contribution in [0.25, 0.3) is 0 Å². The number of amides is 1. The Bertz CT molecular complexity index is 200. The normalized spacial score (nSPS) is 14.6. The monoisotopic (exact) mass is 200 g/mol. The van der Waals surface area contributed by atoms with Crippen LogP contribution in [0.1, 0.15) is 33.6 Å². The van der Waals surface area contributed by atoms with Gasteiger partial charge in [-0.2, -0.15) is 0 Å². The average molecular weight is 200 g/mol. The van der Waals surface area contributed by atoms with E-state index >= 15 is 0 Å². The van der Waals surface area contributed by atoms with E-state index in [1.54, 1.807) is 7.05 Å². The summed E-state index contributed by atoms with van der Waals surface area (Å²) in [5.41, 5.74) is 0. The van der Waals surface area contributed by atoms with E-state index in [0.29, 0.717) is 6.42 Å². The van der Waals surface area contributed by atoms with Crippen molar-refractivity contribution in [3.63, 3.8) is 0 Å². The maximum absolute atomic E-state index is 11.6. The molecule has 0 radical (unpaired) electrons. The minimum absolute atomic E-state index is 0.00630. The maximum Gasteiger partial charge on any atom is 0.237 e. The molecule has 2 atom stereocenters. The number of carbonyl (C=O) groups excluding carboxylic acids is 2. The zero-order valence-electron chi connectivity index (χ0n) is 9.39. The van der Waals surface area contributed by atoms with Crippen molar-refractivity contribution in [3.8, 4) is 0 Å². The molecule has 0 aromatic heterocycles. The summed E-state index contributed by atoms with van der Waals surface area (Å²) < 4.78 is 0. The minimum atomic E-state index is -0.343. The molecule has 0 spiro atoms. The summed E-state index contributed by atoms with van der Waals surface area (Å²) in [5, 5.41) is 5.61. The third kappa shape index (κ3) is 3.87. The van der Waals surface area contributed by atoms with Crippen molar-refractivity contribution in [2.75, 3.05) is 7.05 Å². The van der Waals surface area contributed by atoms with Crippen molar-refractivity contribution < 1.29 is 9.59 Å². The second-order valence-electron chi connectivity index (χ2n) is 3.33. The number of nitrogens with one attached hydrogen (secondary N) is 2. The molecule has 0 aliphatic heterocycles. The SMILES string of the molecule is CCC(NC(=O)C(CC)NC)C(C)=O. The molecule has 0 aliphatic carbocycles. The summed E-state index contributed by atoms with van der Waals surface area (Å²) >= 11 is 0. The molecule has 1 amide bonds. The summed E-state index contributed by atoms with van der Waals surface area (Å²) in [7, 11) is 1.74. The third-order valence-electron chi connectivity index (χ3n) is 2.29. The second kappa shape index (κ2) is 6.54. The van der Waals surface area contributed by atoms with Gasteiger partial charge in [-0.15, -0.1) is 0 Å². The molecule has 0 fully saturated rings. The number of carbonyl (C=O) groups is 2. The first-order valence-electron chi connectivity index (χ1n) is 5.04. The molecule has 0 bridgehead atoms. The Morgan fingerprint density at radius 1 is 1.14 bits per heavy atom. The zero-order chi connectivity index (χ0) is 11.1. The number of hydrogen-bond acceptors (Lipinski definition) is 3. The molecule has 14 heavy (non-hydrogen) atoms. The topological polar surface area (TPSA) is 58.2 Å². The second-order valence-corrected chi connectivity index (χ2v) is 3.33. The molecule has 0 aliphatic rings. The summed E-state index contributed by atoms with van der Waals surface area (Å²) in [6, 6.07) is -0.548. The highest BCUT2D eigenvalue weighted by Crippen LogP contribution is 1.96. The molecule has 82 valence electrons. The molecule has 0 heterocycles. The fourth-order valence-electron chi connectivity index (χ4n) is 1.28. The van der Waals surface area contributed by atoms with Crippen molar-refractivity contribution in [2.24, 2.45) is 0 Å². The van der Waals surface area contributed by atoms with E-state index in [4.69, 9.17) is 0 Å². The van der Waals surface area contributed by atoms with Gasteiger partial charge in [-0.3, -0.25) is 9.59 Å². The molecule has 0 aromatic rings. The summed E-state index contributed by atoms with van der Waals surface area (Å²) in [6.45, 7) is 5.30. The van der Waals surface area contributed by atoms with Crippen LogP contribution >= 0.6 is 0 Å². The van der Waals surface area contributed by atoms with Gasteiger partial charge in [0.1, 0.15) is 0 Å². The number of Topliss-reactive ketones (excluding diaryl/α,β-unsaturated/α-hetero) is 1. The average Bonchev–Trinajstić information content (AvgIpc) is 2.15. The van der Waals surface area contributed by atoms with Gasteiger partial charge in [0.15, 0.2) is 5.78 Å². The largest absolute Gasteiger partial charge is 0.345 e. The van der Waals surface area contributed by atoms with E-state index in [-0.39, 0.29) is 23.8 Å². The first kappa shape index (κ1) is 13.1. The number of hydrogen-bond donors (Lipinski definition) is 2. The van der Waals surface area contributed by atoms with E-state index in [1.807, 2.05) is 13.8 Å². The lowest BCUT2D eigenvalue weighted by molar-refractivity contribution is -0.128. The van der Waals surface area contributed by atoms with Crippen LogP contribution in [-0.2, 0) is 9.59 Å². The van der Waals surface area contributed by atoms with Crippen LogP contribution in [0.3, 0.4) is 0 Å². The molecule has 4 nitrogen and oxygen atoms in total. The van der Waals surface area contributed by atoms with Crippen molar-refractivity contribution in [1.82, 2.24) is 10.6 Å².